The molecule has 0 radical (unpaired) electrons. The van der Waals surface area contributed by atoms with E-state index in [0.717, 1.165) is 12.1 Å². The average Bonchev–Trinajstić information content (AvgIpc) is 2.32. The van der Waals surface area contributed by atoms with E-state index in [2.05, 4.69) is 5.32 Å². The van der Waals surface area contributed by atoms with Crippen molar-refractivity contribution in [2.45, 2.75) is 25.2 Å². The predicted octanol–water partition coefficient (Wildman–Crippen LogP) is 4.37. The summed E-state index contributed by atoms with van der Waals surface area (Å²) in [6.07, 6.45) is -10.8. The Morgan fingerprint density at radius 3 is 2.24 bits per heavy atom. The summed E-state index contributed by atoms with van der Waals surface area (Å²) in [6, 6.07) is 2.02. The maximum atomic E-state index is 12.7. The molecule has 0 bridgehead atoms. The van der Waals surface area contributed by atoms with Crippen molar-refractivity contribution in [3.8, 4) is 0 Å². The minimum atomic E-state index is -4.85. The summed E-state index contributed by atoms with van der Waals surface area (Å²) in [4.78, 5) is 9.47. The lowest BCUT2D eigenvalue weighted by Gasteiger charge is -2.14. The number of nitro groups is 1. The van der Waals surface area contributed by atoms with Crippen LogP contribution in [0.5, 0.6) is 0 Å². The Balaban J connectivity index is 2.84. The third-order valence-corrected chi connectivity index (χ3v) is 2.47. The number of hydrogen-bond acceptors (Lipinski definition) is 3. The molecule has 10 heteroatoms. The van der Waals surface area contributed by atoms with E-state index in [1.54, 1.807) is 0 Å². The number of alkyl halides is 6. The second-order valence-corrected chi connectivity index (χ2v) is 4.13. The van der Waals surface area contributed by atoms with Crippen molar-refractivity contribution in [1.29, 1.82) is 0 Å². The third kappa shape index (κ3) is 5.48. The van der Waals surface area contributed by atoms with Gasteiger partial charge in [0.05, 0.1) is 10.5 Å². The molecular weight excluding hydrogens is 306 g/mol. The lowest BCUT2D eigenvalue weighted by Crippen LogP contribution is -2.14. The molecular formula is C11H10F6N2O2. The van der Waals surface area contributed by atoms with Crippen LogP contribution in [-0.4, -0.2) is 17.6 Å². The van der Waals surface area contributed by atoms with Crippen molar-refractivity contribution >= 4 is 11.4 Å². The van der Waals surface area contributed by atoms with E-state index in [1.807, 2.05) is 0 Å². The molecule has 0 fully saturated rings. The summed E-state index contributed by atoms with van der Waals surface area (Å²) in [5.41, 5.74) is -2.53. The highest BCUT2D eigenvalue weighted by molar-refractivity contribution is 5.57. The highest BCUT2D eigenvalue weighted by atomic mass is 19.4. The molecule has 0 aliphatic heterocycles. The van der Waals surface area contributed by atoms with Gasteiger partial charge in [-0.15, -0.1) is 0 Å². The molecule has 0 amide bonds. The number of hydrogen-bond donors (Lipinski definition) is 1. The SMILES string of the molecule is O=[N+]([O-])c1ccc(NCCCC(F)(F)F)c(C(F)(F)F)c1. The molecule has 0 unspecified atom stereocenters. The van der Waals surface area contributed by atoms with Crippen molar-refractivity contribution in [2.75, 3.05) is 11.9 Å². The normalized spacial score (nSPS) is 12.3. The van der Waals surface area contributed by atoms with Gasteiger partial charge in [-0.25, -0.2) is 0 Å². The molecule has 0 aliphatic rings. The number of benzene rings is 1. The van der Waals surface area contributed by atoms with Crippen LogP contribution in [0.15, 0.2) is 18.2 Å². The van der Waals surface area contributed by atoms with E-state index >= 15 is 0 Å². The molecule has 0 saturated carbocycles. The number of nitrogens with one attached hydrogen (secondary N) is 1. The summed E-state index contributed by atoms with van der Waals surface area (Å²) >= 11 is 0. The molecule has 21 heavy (non-hydrogen) atoms. The lowest BCUT2D eigenvalue weighted by atomic mass is 10.1. The van der Waals surface area contributed by atoms with Crippen LogP contribution in [0, 0.1) is 10.1 Å². The van der Waals surface area contributed by atoms with Crippen molar-refractivity contribution in [1.82, 2.24) is 0 Å². The van der Waals surface area contributed by atoms with Gasteiger partial charge in [-0.1, -0.05) is 0 Å². The summed E-state index contributed by atoms with van der Waals surface area (Å²) in [5.74, 6) is 0. The van der Waals surface area contributed by atoms with E-state index in [-0.39, 0.29) is 6.54 Å². The highest BCUT2D eigenvalue weighted by Gasteiger charge is 2.35. The Hall–Kier alpha value is -2.00. The van der Waals surface area contributed by atoms with Crippen LogP contribution >= 0.6 is 0 Å². The molecule has 118 valence electrons. The van der Waals surface area contributed by atoms with Gasteiger partial charge in [0.15, 0.2) is 0 Å². The molecule has 0 saturated heterocycles. The van der Waals surface area contributed by atoms with Crippen molar-refractivity contribution < 1.29 is 31.3 Å². The first kappa shape index (κ1) is 17.1. The number of halogens is 6. The van der Waals surface area contributed by atoms with Crippen LogP contribution in [0.25, 0.3) is 0 Å². The fourth-order valence-electron chi connectivity index (χ4n) is 1.55. The zero-order valence-corrected chi connectivity index (χ0v) is 10.4. The molecule has 0 spiro atoms. The second kappa shape index (κ2) is 6.19. The fraction of sp³-hybridized carbons (Fsp3) is 0.455. The summed E-state index contributed by atoms with van der Waals surface area (Å²) in [6.45, 7) is -0.333. The third-order valence-electron chi connectivity index (χ3n) is 2.47. The number of non-ortho nitro benzene ring substituents is 1. The van der Waals surface area contributed by atoms with Gasteiger partial charge in [0, 0.05) is 30.8 Å². The van der Waals surface area contributed by atoms with Crippen LogP contribution in [0.4, 0.5) is 37.7 Å². The van der Waals surface area contributed by atoms with Gasteiger partial charge in [-0.05, 0) is 12.5 Å². The first-order valence-corrected chi connectivity index (χ1v) is 5.67. The second-order valence-electron chi connectivity index (χ2n) is 4.13. The Morgan fingerprint density at radius 1 is 1.14 bits per heavy atom. The van der Waals surface area contributed by atoms with Gasteiger partial charge in [-0.3, -0.25) is 10.1 Å². The topological polar surface area (TPSA) is 55.2 Å². The smallest absolute Gasteiger partial charge is 0.385 e. The molecule has 0 heterocycles. The minimum absolute atomic E-state index is 0.333. The van der Waals surface area contributed by atoms with E-state index < -0.39 is 47.1 Å². The van der Waals surface area contributed by atoms with Gasteiger partial charge in [0.2, 0.25) is 0 Å². The monoisotopic (exact) mass is 316 g/mol. The molecule has 1 N–H and O–H groups in total. The number of nitro benzene ring substituents is 1. The number of rotatable bonds is 5. The molecule has 0 aliphatic carbocycles. The fourth-order valence-corrected chi connectivity index (χ4v) is 1.55. The van der Waals surface area contributed by atoms with Crippen LogP contribution in [0.2, 0.25) is 0 Å². The number of nitrogens with zero attached hydrogens (tertiary/aromatic N) is 1. The quantitative estimate of drug-likeness (QED) is 0.380. The lowest BCUT2D eigenvalue weighted by molar-refractivity contribution is -0.385. The summed E-state index contributed by atoms with van der Waals surface area (Å²) < 4.78 is 74.0. The minimum Gasteiger partial charge on any atom is -0.385 e. The zero-order valence-electron chi connectivity index (χ0n) is 10.4. The summed E-state index contributed by atoms with van der Waals surface area (Å²) in [7, 11) is 0. The van der Waals surface area contributed by atoms with Crippen LogP contribution in [-0.2, 0) is 6.18 Å². The Kier molecular flexibility index (Phi) is 5.02. The van der Waals surface area contributed by atoms with Gasteiger partial charge < -0.3 is 5.32 Å². The van der Waals surface area contributed by atoms with E-state index in [1.165, 1.54) is 0 Å². The van der Waals surface area contributed by atoms with E-state index in [9.17, 15) is 36.5 Å². The average molecular weight is 316 g/mol. The van der Waals surface area contributed by atoms with Crippen molar-refractivity contribution in [2.24, 2.45) is 0 Å². The highest BCUT2D eigenvalue weighted by Crippen LogP contribution is 2.37. The Labute approximate surface area is 114 Å². The van der Waals surface area contributed by atoms with Gasteiger partial charge >= 0.3 is 12.4 Å². The standard InChI is InChI=1S/C11H10F6N2O2/c12-10(13,14)4-1-5-18-9-3-2-7(19(20)21)6-8(9)11(15,16)17/h2-3,6,18H,1,4-5H2. The van der Waals surface area contributed by atoms with Crippen molar-refractivity contribution in [3.63, 3.8) is 0 Å². The van der Waals surface area contributed by atoms with Gasteiger partial charge in [-0.2, -0.15) is 26.3 Å². The van der Waals surface area contributed by atoms with Crippen LogP contribution in [0.3, 0.4) is 0 Å². The molecule has 1 aromatic rings. The Bertz CT molecular complexity index is 512. The predicted molar refractivity (Wildman–Crippen MR) is 61.9 cm³/mol. The Morgan fingerprint density at radius 2 is 1.76 bits per heavy atom. The van der Waals surface area contributed by atoms with E-state index in [0.29, 0.717) is 6.07 Å². The molecule has 1 rings (SSSR count). The summed E-state index contributed by atoms with van der Waals surface area (Å²) in [5, 5.41) is 12.7. The molecule has 4 nitrogen and oxygen atoms in total. The first-order valence-electron chi connectivity index (χ1n) is 5.67. The molecule has 0 atom stereocenters. The van der Waals surface area contributed by atoms with Crippen molar-refractivity contribution in [3.05, 3.63) is 33.9 Å². The maximum Gasteiger partial charge on any atom is 0.418 e. The van der Waals surface area contributed by atoms with Crippen LogP contribution < -0.4 is 5.32 Å². The zero-order chi connectivity index (χ0) is 16.3. The van der Waals surface area contributed by atoms with Gasteiger partial charge in [0.25, 0.3) is 5.69 Å². The molecule has 0 aromatic heterocycles. The first-order chi connectivity index (χ1) is 9.50. The van der Waals surface area contributed by atoms with E-state index in [4.69, 9.17) is 0 Å². The molecule has 1 aromatic carbocycles. The van der Waals surface area contributed by atoms with Crippen LogP contribution in [0.1, 0.15) is 18.4 Å². The largest absolute Gasteiger partial charge is 0.418 e. The maximum absolute atomic E-state index is 12.7. The number of anilines is 1. The van der Waals surface area contributed by atoms with Gasteiger partial charge in [0.1, 0.15) is 0 Å².